The first-order valence-corrected chi connectivity index (χ1v) is 7.15. The Labute approximate surface area is 109 Å². The molecule has 0 fully saturated rings. The Morgan fingerprint density at radius 1 is 1.47 bits per heavy atom. The summed E-state index contributed by atoms with van der Waals surface area (Å²) in [7, 11) is -1.19. The summed E-state index contributed by atoms with van der Waals surface area (Å²) in [6, 6.07) is 4.33. The zero-order chi connectivity index (χ0) is 13.0. The van der Waals surface area contributed by atoms with E-state index in [1.807, 2.05) is 20.8 Å². The molecule has 3 unspecified atom stereocenters. The molecule has 1 rings (SSSR count). The van der Waals surface area contributed by atoms with Crippen LogP contribution in [-0.4, -0.2) is 22.0 Å². The monoisotopic (exact) mass is 277 g/mol. The molecule has 0 amide bonds. The van der Waals surface area contributed by atoms with Crippen LogP contribution in [0.3, 0.4) is 0 Å². The molecule has 0 heterocycles. The lowest BCUT2D eigenvalue weighted by Crippen LogP contribution is -2.37. The van der Waals surface area contributed by atoms with Crippen LogP contribution in [0.2, 0.25) is 5.02 Å². The molecule has 5 heteroatoms. The lowest BCUT2D eigenvalue weighted by atomic mass is 10.2. The fourth-order valence-corrected chi connectivity index (χ4v) is 3.07. The van der Waals surface area contributed by atoms with Gasteiger partial charge in [0.15, 0.2) is 0 Å². The van der Waals surface area contributed by atoms with E-state index in [2.05, 4.69) is 5.32 Å². The first kappa shape index (κ1) is 14.6. The topological polar surface area (TPSA) is 29.1 Å². The van der Waals surface area contributed by atoms with E-state index in [9.17, 15) is 8.60 Å². The Bertz CT molecular complexity index is 413. The molecule has 0 aliphatic rings. The van der Waals surface area contributed by atoms with Crippen molar-refractivity contribution in [2.75, 3.05) is 6.54 Å². The Balaban J connectivity index is 2.85. The summed E-state index contributed by atoms with van der Waals surface area (Å²) in [5, 5.41) is 3.18. The minimum absolute atomic E-state index is 0.0131. The van der Waals surface area contributed by atoms with Gasteiger partial charge in [0.1, 0.15) is 5.82 Å². The first-order valence-electron chi connectivity index (χ1n) is 5.56. The molecule has 96 valence electrons. The Morgan fingerprint density at radius 3 is 2.65 bits per heavy atom. The Kier molecular flexibility index (Phi) is 5.56. The van der Waals surface area contributed by atoms with Gasteiger partial charge in [0.2, 0.25) is 0 Å². The van der Waals surface area contributed by atoms with Crippen molar-refractivity contribution in [1.29, 1.82) is 0 Å². The SMILES string of the molecule is CCNC(C)C(C)S(=O)c1ccc(F)c(Cl)c1. The average molecular weight is 278 g/mol. The van der Waals surface area contributed by atoms with Crippen LogP contribution in [0.1, 0.15) is 20.8 Å². The van der Waals surface area contributed by atoms with Gasteiger partial charge in [-0.25, -0.2) is 4.39 Å². The molecule has 0 bridgehead atoms. The van der Waals surface area contributed by atoms with Gasteiger partial charge >= 0.3 is 0 Å². The highest BCUT2D eigenvalue weighted by Gasteiger charge is 2.20. The molecular formula is C12H17ClFNOS. The van der Waals surface area contributed by atoms with Crippen LogP contribution in [0.4, 0.5) is 4.39 Å². The van der Waals surface area contributed by atoms with Gasteiger partial charge in [-0.05, 0) is 38.6 Å². The normalized spacial score (nSPS) is 16.5. The molecule has 0 saturated carbocycles. The van der Waals surface area contributed by atoms with Crippen molar-refractivity contribution in [3.8, 4) is 0 Å². The van der Waals surface area contributed by atoms with Gasteiger partial charge in [0, 0.05) is 10.9 Å². The predicted molar refractivity (Wildman–Crippen MR) is 70.4 cm³/mol. The molecule has 0 radical (unpaired) electrons. The molecule has 1 aromatic carbocycles. The fourth-order valence-electron chi connectivity index (χ4n) is 1.49. The highest BCUT2D eigenvalue weighted by Crippen LogP contribution is 2.21. The number of hydrogen-bond donors (Lipinski definition) is 1. The number of rotatable bonds is 5. The van der Waals surface area contributed by atoms with Crippen LogP contribution in [0, 0.1) is 5.82 Å². The molecule has 0 aliphatic carbocycles. The third kappa shape index (κ3) is 3.76. The quantitative estimate of drug-likeness (QED) is 0.897. The smallest absolute Gasteiger partial charge is 0.141 e. The van der Waals surface area contributed by atoms with Crippen LogP contribution >= 0.6 is 11.6 Å². The molecule has 3 atom stereocenters. The van der Waals surface area contributed by atoms with E-state index in [-0.39, 0.29) is 16.3 Å². The highest BCUT2D eigenvalue weighted by molar-refractivity contribution is 7.85. The van der Waals surface area contributed by atoms with Crippen molar-refractivity contribution < 1.29 is 8.60 Å². The third-order valence-corrected chi connectivity index (χ3v) is 4.78. The van der Waals surface area contributed by atoms with Gasteiger partial charge in [-0.2, -0.15) is 0 Å². The van der Waals surface area contributed by atoms with E-state index in [0.717, 1.165) is 6.54 Å². The van der Waals surface area contributed by atoms with Crippen LogP contribution in [0.15, 0.2) is 23.1 Å². The zero-order valence-electron chi connectivity index (χ0n) is 10.2. The first-order chi connectivity index (χ1) is 7.97. The van der Waals surface area contributed by atoms with Gasteiger partial charge < -0.3 is 5.32 Å². The molecule has 1 N–H and O–H groups in total. The van der Waals surface area contributed by atoms with Crippen molar-refractivity contribution in [2.24, 2.45) is 0 Å². The van der Waals surface area contributed by atoms with Crippen molar-refractivity contribution >= 4 is 22.4 Å². The summed E-state index contributed by atoms with van der Waals surface area (Å²) in [5.41, 5.74) is 0. The van der Waals surface area contributed by atoms with Gasteiger partial charge in [-0.1, -0.05) is 18.5 Å². The van der Waals surface area contributed by atoms with Crippen LogP contribution in [0.5, 0.6) is 0 Å². The van der Waals surface area contributed by atoms with Crippen molar-refractivity contribution in [1.82, 2.24) is 5.32 Å². The molecule has 2 nitrogen and oxygen atoms in total. The van der Waals surface area contributed by atoms with Gasteiger partial charge in [-0.3, -0.25) is 4.21 Å². The Hall–Kier alpha value is -0.450. The lowest BCUT2D eigenvalue weighted by molar-refractivity contribution is 0.550. The summed E-state index contributed by atoms with van der Waals surface area (Å²) in [5.74, 6) is -0.486. The summed E-state index contributed by atoms with van der Waals surface area (Å²) in [6.45, 7) is 6.71. The number of benzene rings is 1. The predicted octanol–water partition coefficient (Wildman–Crippen LogP) is 2.97. The third-order valence-electron chi connectivity index (χ3n) is 2.69. The maximum absolute atomic E-state index is 13.0. The molecular weight excluding hydrogens is 261 g/mol. The maximum atomic E-state index is 13.0. The minimum atomic E-state index is -1.19. The van der Waals surface area contributed by atoms with Gasteiger partial charge in [0.05, 0.1) is 21.1 Å². The molecule has 17 heavy (non-hydrogen) atoms. The Morgan fingerprint density at radius 2 is 2.12 bits per heavy atom. The summed E-state index contributed by atoms with van der Waals surface area (Å²) in [4.78, 5) is 0.564. The molecule has 0 aromatic heterocycles. The number of nitrogens with one attached hydrogen (secondary N) is 1. The summed E-state index contributed by atoms with van der Waals surface area (Å²) in [6.07, 6.45) is 0. The van der Waals surface area contributed by atoms with Crippen LogP contribution < -0.4 is 5.32 Å². The van der Waals surface area contributed by atoms with Gasteiger partial charge in [-0.15, -0.1) is 0 Å². The molecule has 0 aliphatic heterocycles. The summed E-state index contributed by atoms with van der Waals surface area (Å²) >= 11 is 5.68. The van der Waals surface area contributed by atoms with Gasteiger partial charge in [0.25, 0.3) is 0 Å². The molecule has 0 saturated heterocycles. The van der Waals surface area contributed by atoms with Crippen molar-refractivity contribution in [3.05, 3.63) is 29.0 Å². The second-order valence-electron chi connectivity index (χ2n) is 3.92. The lowest BCUT2D eigenvalue weighted by Gasteiger charge is -2.20. The van der Waals surface area contributed by atoms with Crippen molar-refractivity contribution in [3.63, 3.8) is 0 Å². The second-order valence-corrected chi connectivity index (χ2v) is 6.14. The molecule has 0 spiro atoms. The largest absolute Gasteiger partial charge is 0.313 e. The zero-order valence-corrected chi connectivity index (χ0v) is 11.7. The maximum Gasteiger partial charge on any atom is 0.141 e. The second kappa shape index (κ2) is 6.47. The highest BCUT2D eigenvalue weighted by atomic mass is 35.5. The fraction of sp³-hybridized carbons (Fsp3) is 0.500. The van der Waals surface area contributed by atoms with E-state index in [1.54, 1.807) is 0 Å². The minimum Gasteiger partial charge on any atom is -0.313 e. The molecule has 1 aromatic rings. The summed E-state index contributed by atoms with van der Waals surface area (Å²) < 4.78 is 25.2. The van der Waals surface area contributed by atoms with E-state index in [0.29, 0.717) is 4.90 Å². The van der Waals surface area contributed by atoms with Crippen LogP contribution in [-0.2, 0) is 10.8 Å². The number of halogens is 2. The van der Waals surface area contributed by atoms with E-state index < -0.39 is 16.6 Å². The standard InChI is InChI=1S/C12H17ClFNOS/c1-4-15-8(2)9(3)17(16)10-5-6-12(14)11(13)7-10/h5-9,15H,4H2,1-3H3. The average Bonchev–Trinajstić information content (AvgIpc) is 2.31. The van der Waals surface area contributed by atoms with E-state index in [1.165, 1.54) is 18.2 Å². The van der Waals surface area contributed by atoms with E-state index in [4.69, 9.17) is 11.6 Å². The van der Waals surface area contributed by atoms with E-state index >= 15 is 0 Å². The van der Waals surface area contributed by atoms with Crippen LogP contribution in [0.25, 0.3) is 0 Å². The van der Waals surface area contributed by atoms with Crippen molar-refractivity contribution in [2.45, 2.75) is 37.0 Å². The number of hydrogen-bond acceptors (Lipinski definition) is 2.